The average Bonchev–Trinajstić information content (AvgIpc) is 2.97. The number of carbonyl (C=O) groups excluding carboxylic acids is 1. The zero-order valence-electron chi connectivity index (χ0n) is 23.6. The van der Waals surface area contributed by atoms with Gasteiger partial charge in [0.2, 0.25) is 10.0 Å². The molecule has 0 aromatic heterocycles. The van der Waals surface area contributed by atoms with E-state index in [0.29, 0.717) is 23.1 Å². The van der Waals surface area contributed by atoms with Crippen LogP contribution in [0.25, 0.3) is 0 Å². The highest BCUT2D eigenvalue weighted by atomic mass is 35.5. The molecular formula is C30H33Cl2N3O8S. The first-order valence-electron chi connectivity index (χ1n) is 13.8. The Hall–Kier alpha value is -2.78. The zero-order valence-corrected chi connectivity index (χ0v) is 25.9. The van der Waals surface area contributed by atoms with Gasteiger partial charge in [0.25, 0.3) is 5.91 Å². The standard InChI is InChI=1S/C30H33Cl2N3O8S/c1-44(41,42)35(22-4-2-3-19(13-22)29(39)33-25-28(38)27(37)24(16-36)43-30(25)40)23-14-34(15-23)26(17-5-9-20(31)10-6-17)18-7-11-21(32)12-8-18/h2-13,23-28,30,36-38,40H,14-16H2,1H3,(H,33,39). The summed E-state index contributed by atoms with van der Waals surface area (Å²) in [7, 11) is -3.79. The van der Waals surface area contributed by atoms with Gasteiger partial charge in [0.15, 0.2) is 6.29 Å². The summed E-state index contributed by atoms with van der Waals surface area (Å²) in [4.78, 5) is 15.3. The van der Waals surface area contributed by atoms with Gasteiger partial charge in [-0.15, -0.1) is 0 Å². The molecule has 3 aromatic rings. The maximum atomic E-state index is 13.1. The maximum Gasteiger partial charge on any atom is 0.251 e. The summed E-state index contributed by atoms with van der Waals surface area (Å²) in [5.74, 6) is -0.734. The molecule has 44 heavy (non-hydrogen) atoms. The first-order chi connectivity index (χ1) is 20.9. The molecule has 2 aliphatic rings. The molecule has 5 N–H and O–H groups in total. The lowest BCUT2D eigenvalue weighted by atomic mass is 9.93. The molecular weight excluding hydrogens is 633 g/mol. The number of hydrogen-bond acceptors (Lipinski definition) is 9. The van der Waals surface area contributed by atoms with Crippen molar-refractivity contribution < 1.29 is 38.4 Å². The van der Waals surface area contributed by atoms with Crippen molar-refractivity contribution in [2.24, 2.45) is 0 Å². The number of aliphatic hydroxyl groups is 4. The summed E-state index contributed by atoms with van der Waals surface area (Å²) in [6, 6.07) is 18.9. The summed E-state index contributed by atoms with van der Waals surface area (Å²) in [5, 5.41) is 43.7. The molecule has 5 unspecified atom stereocenters. The highest BCUT2D eigenvalue weighted by Crippen LogP contribution is 2.37. The number of ether oxygens (including phenoxy) is 1. The van der Waals surface area contributed by atoms with Crippen molar-refractivity contribution in [1.29, 1.82) is 0 Å². The third kappa shape index (κ3) is 6.89. The van der Waals surface area contributed by atoms with Crippen LogP contribution in [0.15, 0.2) is 72.8 Å². The quantitative estimate of drug-likeness (QED) is 0.230. The summed E-state index contributed by atoms with van der Waals surface area (Å²) < 4.78 is 32.6. The minimum atomic E-state index is -3.79. The van der Waals surface area contributed by atoms with Crippen LogP contribution in [0.5, 0.6) is 0 Å². The molecule has 0 radical (unpaired) electrons. The Morgan fingerprint density at radius 3 is 2.07 bits per heavy atom. The molecule has 2 fully saturated rings. The second kappa shape index (κ2) is 13.3. The molecule has 14 heteroatoms. The van der Waals surface area contributed by atoms with E-state index >= 15 is 0 Å². The second-order valence-corrected chi connectivity index (χ2v) is 13.7. The molecule has 0 bridgehead atoms. The number of amides is 1. The van der Waals surface area contributed by atoms with Crippen LogP contribution in [0.1, 0.15) is 27.5 Å². The Kier molecular flexibility index (Phi) is 9.85. The van der Waals surface area contributed by atoms with Gasteiger partial charge in [0.1, 0.15) is 24.4 Å². The molecule has 2 saturated heterocycles. The molecule has 0 saturated carbocycles. The predicted octanol–water partition coefficient (Wildman–Crippen LogP) is 1.76. The Morgan fingerprint density at radius 1 is 0.977 bits per heavy atom. The first kappa shape index (κ1) is 32.6. The van der Waals surface area contributed by atoms with Crippen LogP contribution in [0.2, 0.25) is 10.0 Å². The summed E-state index contributed by atoms with van der Waals surface area (Å²) in [5.41, 5.74) is 2.28. The van der Waals surface area contributed by atoms with Crippen molar-refractivity contribution in [2.75, 3.05) is 30.3 Å². The molecule has 3 aromatic carbocycles. The van der Waals surface area contributed by atoms with Gasteiger partial charge in [0.05, 0.1) is 30.6 Å². The van der Waals surface area contributed by atoms with Gasteiger partial charge in [0, 0.05) is 28.7 Å². The van der Waals surface area contributed by atoms with Crippen LogP contribution in [-0.2, 0) is 14.8 Å². The normalized spacial score (nSPS) is 24.6. The van der Waals surface area contributed by atoms with Crippen LogP contribution in [0.3, 0.4) is 0 Å². The lowest BCUT2D eigenvalue weighted by molar-refractivity contribution is -0.252. The molecule has 2 aliphatic heterocycles. The smallest absolute Gasteiger partial charge is 0.251 e. The molecule has 236 valence electrons. The zero-order chi connectivity index (χ0) is 31.8. The number of hydrogen-bond donors (Lipinski definition) is 5. The van der Waals surface area contributed by atoms with Crippen molar-refractivity contribution in [1.82, 2.24) is 10.2 Å². The summed E-state index contributed by atoms with van der Waals surface area (Å²) in [6.45, 7) is 0.139. The SMILES string of the molecule is CS(=O)(=O)N(c1cccc(C(=O)NC2C(O)OC(CO)C(O)C2O)c1)C1CN(C(c2ccc(Cl)cc2)c2ccc(Cl)cc2)C1. The van der Waals surface area contributed by atoms with E-state index in [1.807, 2.05) is 24.3 Å². The number of aliphatic hydroxyl groups excluding tert-OH is 4. The minimum absolute atomic E-state index is 0.0608. The summed E-state index contributed by atoms with van der Waals surface area (Å²) in [6.07, 6.45) is -4.98. The number of nitrogens with one attached hydrogen (secondary N) is 1. The number of benzene rings is 3. The monoisotopic (exact) mass is 665 g/mol. The van der Waals surface area contributed by atoms with Crippen LogP contribution < -0.4 is 9.62 Å². The van der Waals surface area contributed by atoms with Gasteiger partial charge in [-0.25, -0.2) is 8.42 Å². The van der Waals surface area contributed by atoms with Gasteiger partial charge < -0.3 is 30.5 Å². The highest BCUT2D eigenvalue weighted by molar-refractivity contribution is 7.92. The van der Waals surface area contributed by atoms with Gasteiger partial charge in [-0.05, 0) is 53.6 Å². The Labute approximate surface area is 265 Å². The third-order valence-electron chi connectivity index (χ3n) is 7.88. The van der Waals surface area contributed by atoms with E-state index in [1.165, 1.54) is 22.5 Å². The van der Waals surface area contributed by atoms with Crippen LogP contribution in [0.4, 0.5) is 5.69 Å². The van der Waals surface area contributed by atoms with Gasteiger partial charge in [-0.2, -0.15) is 0 Å². The van der Waals surface area contributed by atoms with Gasteiger partial charge in [-0.1, -0.05) is 53.5 Å². The molecule has 0 aliphatic carbocycles. The number of rotatable bonds is 9. The van der Waals surface area contributed by atoms with Crippen molar-refractivity contribution in [2.45, 2.75) is 42.7 Å². The highest BCUT2D eigenvalue weighted by Gasteiger charge is 2.45. The Morgan fingerprint density at radius 2 is 1.55 bits per heavy atom. The fourth-order valence-electron chi connectivity index (χ4n) is 5.70. The first-order valence-corrected chi connectivity index (χ1v) is 16.4. The van der Waals surface area contributed by atoms with E-state index in [4.69, 9.17) is 27.9 Å². The molecule has 1 amide bonds. The summed E-state index contributed by atoms with van der Waals surface area (Å²) >= 11 is 12.3. The number of sulfonamides is 1. The molecule has 0 spiro atoms. The maximum absolute atomic E-state index is 13.1. The average molecular weight is 667 g/mol. The number of likely N-dealkylation sites (tertiary alicyclic amines) is 1. The minimum Gasteiger partial charge on any atom is -0.394 e. The Bertz CT molecular complexity index is 1530. The van der Waals surface area contributed by atoms with E-state index in [9.17, 15) is 33.6 Å². The number of halogens is 2. The third-order valence-corrected chi connectivity index (χ3v) is 9.60. The van der Waals surface area contributed by atoms with E-state index in [-0.39, 0.29) is 17.3 Å². The Balaban J connectivity index is 1.36. The van der Waals surface area contributed by atoms with Crippen LogP contribution >= 0.6 is 23.2 Å². The van der Waals surface area contributed by atoms with E-state index in [0.717, 1.165) is 17.4 Å². The predicted molar refractivity (Wildman–Crippen MR) is 165 cm³/mol. The van der Waals surface area contributed by atoms with Crippen molar-refractivity contribution in [3.8, 4) is 0 Å². The number of carbonyl (C=O) groups is 1. The van der Waals surface area contributed by atoms with Gasteiger partial charge >= 0.3 is 0 Å². The number of nitrogens with zero attached hydrogens (tertiary/aromatic N) is 2. The lowest BCUT2D eigenvalue weighted by Gasteiger charge is -2.48. The molecule has 2 heterocycles. The van der Waals surface area contributed by atoms with E-state index < -0.39 is 59.2 Å². The fraction of sp³-hybridized carbons (Fsp3) is 0.367. The lowest BCUT2D eigenvalue weighted by Crippen LogP contribution is -2.64. The topological polar surface area (TPSA) is 160 Å². The van der Waals surface area contributed by atoms with Crippen LogP contribution in [0, 0.1) is 0 Å². The van der Waals surface area contributed by atoms with Crippen molar-refractivity contribution in [3.05, 3.63) is 99.5 Å². The molecule has 5 atom stereocenters. The largest absolute Gasteiger partial charge is 0.394 e. The van der Waals surface area contributed by atoms with E-state index in [2.05, 4.69) is 10.2 Å². The van der Waals surface area contributed by atoms with Gasteiger partial charge in [-0.3, -0.25) is 14.0 Å². The molecule has 5 rings (SSSR count). The molecule has 11 nitrogen and oxygen atoms in total. The van der Waals surface area contributed by atoms with Crippen LogP contribution in [-0.4, -0.2) is 102 Å². The van der Waals surface area contributed by atoms with Crippen molar-refractivity contribution in [3.63, 3.8) is 0 Å². The van der Waals surface area contributed by atoms with Crippen molar-refractivity contribution >= 4 is 44.8 Å². The fourth-order valence-corrected chi connectivity index (χ4v) is 7.12. The second-order valence-electron chi connectivity index (χ2n) is 11.0. The number of anilines is 1. The van der Waals surface area contributed by atoms with E-state index in [1.54, 1.807) is 30.3 Å².